The van der Waals surface area contributed by atoms with Crippen LogP contribution in [-0.2, 0) is 21.1 Å². The third-order valence-corrected chi connectivity index (χ3v) is 10.1. The van der Waals surface area contributed by atoms with E-state index in [4.69, 9.17) is 14.7 Å². The quantitative estimate of drug-likeness (QED) is 0.166. The maximum absolute atomic E-state index is 6.54. The molecular formula is C44H25N7OPt. The van der Waals surface area contributed by atoms with E-state index in [9.17, 15) is 0 Å². The Balaban J connectivity index is 0.00000331. The molecule has 0 atom stereocenters. The molecule has 7 aromatic carbocycles. The van der Waals surface area contributed by atoms with E-state index >= 15 is 0 Å². The molecule has 0 aliphatic carbocycles. The number of fused-ring (bicyclic) bond motifs is 12. The molecule has 0 unspecified atom stereocenters. The van der Waals surface area contributed by atoms with E-state index in [1.54, 1.807) is 0 Å². The number of nitrogens with zero attached hydrogens (tertiary/aromatic N) is 7. The van der Waals surface area contributed by atoms with Crippen LogP contribution >= 0.6 is 0 Å². The molecule has 8 nitrogen and oxygen atoms in total. The SMILES string of the molecule is [Pt+2].[c-]1c(N2c3[c-]c(-n4c5ccccc5n5c6ccccc6nc45)ccc3Oc3ccccc32)cccc1-n1c2ccccc2n2c3ccccc3nc12. The molecule has 12 rings (SSSR count). The minimum atomic E-state index is 0. The smallest absolute Gasteiger partial charge is 0.513 e. The first-order chi connectivity index (χ1) is 25.8. The Morgan fingerprint density at radius 3 is 1.57 bits per heavy atom. The number of ether oxygens (including phenoxy) is 1. The van der Waals surface area contributed by atoms with Gasteiger partial charge in [-0.05, 0) is 66.4 Å². The zero-order valence-electron chi connectivity index (χ0n) is 27.8. The molecule has 0 N–H and O–H groups in total. The second-order valence-electron chi connectivity index (χ2n) is 13.0. The number of benzene rings is 7. The van der Waals surface area contributed by atoms with Gasteiger partial charge < -0.3 is 18.8 Å². The molecule has 0 amide bonds. The predicted molar refractivity (Wildman–Crippen MR) is 205 cm³/mol. The third-order valence-electron chi connectivity index (χ3n) is 10.1. The van der Waals surface area contributed by atoms with Gasteiger partial charge >= 0.3 is 21.1 Å². The summed E-state index contributed by atoms with van der Waals surface area (Å²) in [4.78, 5) is 12.4. The van der Waals surface area contributed by atoms with Crippen LogP contribution in [0.3, 0.4) is 0 Å². The van der Waals surface area contributed by atoms with Crippen LogP contribution in [0.25, 0.3) is 67.1 Å². The zero-order chi connectivity index (χ0) is 33.9. The van der Waals surface area contributed by atoms with E-state index in [1.165, 1.54) is 0 Å². The van der Waals surface area contributed by atoms with E-state index in [1.807, 2.05) is 36.4 Å². The maximum Gasteiger partial charge on any atom is 2.00 e. The first kappa shape index (κ1) is 30.0. The van der Waals surface area contributed by atoms with Crippen molar-refractivity contribution in [1.82, 2.24) is 27.9 Å². The summed E-state index contributed by atoms with van der Waals surface area (Å²) in [6, 6.07) is 59.4. The first-order valence-electron chi connectivity index (χ1n) is 17.2. The van der Waals surface area contributed by atoms with Crippen LogP contribution in [0.5, 0.6) is 11.5 Å². The summed E-state index contributed by atoms with van der Waals surface area (Å²) >= 11 is 0. The third kappa shape index (κ3) is 4.15. The molecule has 4 aromatic heterocycles. The van der Waals surface area contributed by atoms with E-state index in [2.05, 4.69) is 150 Å². The van der Waals surface area contributed by atoms with Crippen molar-refractivity contribution in [3.8, 4) is 22.9 Å². The minimum absolute atomic E-state index is 0. The molecule has 9 heteroatoms. The van der Waals surface area contributed by atoms with Crippen LogP contribution in [-0.4, -0.2) is 27.9 Å². The van der Waals surface area contributed by atoms with Gasteiger partial charge in [-0.3, -0.25) is 8.80 Å². The van der Waals surface area contributed by atoms with Gasteiger partial charge in [-0.2, -0.15) is 6.07 Å². The van der Waals surface area contributed by atoms with Crippen molar-refractivity contribution in [2.75, 3.05) is 4.90 Å². The Kier molecular flexibility index (Phi) is 6.34. The average molecular weight is 863 g/mol. The average Bonchev–Trinajstić information content (AvgIpc) is 3.93. The van der Waals surface area contributed by atoms with Crippen LogP contribution < -0.4 is 9.64 Å². The van der Waals surface area contributed by atoms with Crippen LogP contribution in [0.4, 0.5) is 17.1 Å². The van der Waals surface area contributed by atoms with Gasteiger partial charge in [-0.15, -0.1) is 36.4 Å². The number of anilines is 3. The zero-order valence-corrected chi connectivity index (χ0v) is 30.1. The van der Waals surface area contributed by atoms with Crippen molar-refractivity contribution in [3.63, 3.8) is 0 Å². The molecule has 0 spiro atoms. The molecule has 11 aromatic rings. The number of imidazole rings is 4. The van der Waals surface area contributed by atoms with E-state index in [0.717, 1.165) is 89.9 Å². The van der Waals surface area contributed by atoms with Crippen LogP contribution in [0.1, 0.15) is 0 Å². The number of aromatic nitrogens is 6. The molecule has 0 bridgehead atoms. The molecular weight excluding hydrogens is 838 g/mol. The van der Waals surface area contributed by atoms with Gasteiger partial charge in [0.2, 0.25) is 11.6 Å². The molecule has 1 aliphatic rings. The fourth-order valence-electron chi connectivity index (χ4n) is 7.94. The van der Waals surface area contributed by atoms with Gasteiger partial charge in [0.25, 0.3) is 0 Å². The number of hydrogen-bond acceptors (Lipinski definition) is 4. The van der Waals surface area contributed by atoms with Crippen molar-refractivity contribution in [2.45, 2.75) is 0 Å². The topological polar surface area (TPSA) is 56.9 Å². The van der Waals surface area contributed by atoms with Crippen molar-refractivity contribution < 1.29 is 25.8 Å². The van der Waals surface area contributed by atoms with Crippen molar-refractivity contribution in [2.24, 2.45) is 0 Å². The molecule has 1 aliphatic heterocycles. The number of rotatable bonds is 3. The Morgan fingerprint density at radius 1 is 0.415 bits per heavy atom. The second kappa shape index (κ2) is 11.2. The van der Waals surface area contributed by atoms with Gasteiger partial charge in [0.15, 0.2) is 0 Å². The Hall–Kier alpha value is -6.63. The normalized spacial score (nSPS) is 12.5. The molecule has 0 radical (unpaired) electrons. The second-order valence-corrected chi connectivity index (χ2v) is 13.0. The van der Waals surface area contributed by atoms with Gasteiger partial charge in [-0.25, -0.2) is 9.97 Å². The molecule has 0 saturated carbocycles. The molecule has 5 heterocycles. The standard InChI is InChI=1S/C44H25N7O.Pt/c1-3-16-33-31(14-1)45-43-48(35-18-5-7-20-37(35)50(33)43)29-13-11-12-28(26-29)47-39-22-9-10-23-41(39)52-42-25-24-30(27-40(42)47)49-36-19-6-8-21-38(36)51-34-17-4-2-15-32(34)46-44(49)51;/h1-25H;/q-2;+2. The van der Waals surface area contributed by atoms with Gasteiger partial charge in [0.05, 0.1) is 49.8 Å². The molecule has 252 valence electrons. The largest absolute Gasteiger partial charge is 2.00 e. The van der Waals surface area contributed by atoms with Gasteiger partial charge in [-0.1, -0.05) is 77.7 Å². The summed E-state index contributed by atoms with van der Waals surface area (Å²) in [6.45, 7) is 0. The Labute approximate surface area is 316 Å². The molecule has 0 fully saturated rings. The van der Waals surface area contributed by atoms with E-state index in [0.29, 0.717) is 5.75 Å². The first-order valence-corrected chi connectivity index (χ1v) is 17.2. The molecule has 53 heavy (non-hydrogen) atoms. The van der Waals surface area contributed by atoms with Gasteiger partial charge in [0.1, 0.15) is 5.75 Å². The summed E-state index contributed by atoms with van der Waals surface area (Å²) in [5, 5.41) is 0. The summed E-state index contributed by atoms with van der Waals surface area (Å²) in [7, 11) is 0. The van der Waals surface area contributed by atoms with Crippen LogP contribution in [0.15, 0.2) is 152 Å². The maximum atomic E-state index is 6.54. The number of hydrogen-bond donors (Lipinski definition) is 0. The Morgan fingerprint density at radius 2 is 0.925 bits per heavy atom. The van der Waals surface area contributed by atoms with Crippen LogP contribution in [0.2, 0.25) is 0 Å². The summed E-state index contributed by atoms with van der Waals surface area (Å²) in [5.41, 5.74) is 12.5. The van der Waals surface area contributed by atoms with E-state index < -0.39 is 0 Å². The van der Waals surface area contributed by atoms with Crippen molar-refractivity contribution in [3.05, 3.63) is 164 Å². The summed E-state index contributed by atoms with van der Waals surface area (Å²) in [6.07, 6.45) is 0. The monoisotopic (exact) mass is 862 g/mol. The predicted octanol–water partition coefficient (Wildman–Crippen LogP) is 10.3. The fourth-order valence-corrected chi connectivity index (χ4v) is 7.94. The van der Waals surface area contributed by atoms with Crippen molar-refractivity contribution in [1.29, 1.82) is 0 Å². The van der Waals surface area contributed by atoms with Crippen LogP contribution in [0, 0.1) is 12.1 Å². The number of para-hydroxylation sites is 10. The molecule has 0 saturated heterocycles. The summed E-state index contributed by atoms with van der Waals surface area (Å²) < 4.78 is 15.4. The van der Waals surface area contributed by atoms with Crippen molar-refractivity contribution >= 4 is 72.8 Å². The summed E-state index contributed by atoms with van der Waals surface area (Å²) in [5.74, 6) is 3.13. The fraction of sp³-hybridized carbons (Fsp3) is 0. The minimum Gasteiger partial charge on any atom is -0.513 e. The Bertz CT molecular complexity index is 3260. The van der Waals surface area contributed by atoms with E-state index in [-0.39, 0.29) is 21.1 Å². The van der Waals surface area contributed by atoms with Gasteiger partial charge in [0, 0.05) is 5.75 Å².